The van der Waals surface area contributed by atoms with Crippen LogP contribution in [0.15, 0.2) is 24.3 Å². The third kappa shape index (κ3) is 2.64. The molecule has 0 heterocycles. The van der Waals surface area contributed by atoms with Crippen molar-refractivity contribution in [1.29, 1.82) is 0 Å². The molecule has 0 aliphatic heterocycles. The molecule has 1 aromatic carbocycles. The lowest BCUT2D eigenvalue weighted by Gasteiger charge is -1.99. The third-order valence-electron chi connectivity index (χ3n) is 1.57. The molecule has 0 unspecified atom stereocenters. The van der Waals surface area contributed by atoms with Gasteiger partial charge in [0.2, 0.25) is 5.24 Å². The SMILES string of the molecule is NCc1cccc(CC(=O)Cl)c1. The summed E-state index contributed by atoms with van der Waals surface area (Å²) in [6, 6.07) is 7.54. The number of carbonyl (C=O) groups excluding carboxylic acids is 1. The molecule has 0 bridgehead atoms. The Balaban J connectivity index is 2.79. The molecule has 0 saturated heterocycles. The zero-order valence-corrected chi connectivity index (χ0v) is 7.34. The van der Waals surface area contributed by atoms with E-state index in [1.165, 1.54) is 0 Å². The monoisotopic (exact) mass is 183 g/mol. The van der Waals surface area contributed by atoms with Gasteiger partial charge in [0, 0.05) is 13.0 Å². The van der Waals surface area contributed by atoms with Crippen LogP contribution in [-0.2, 0) is 17.8 Å². The van der Waals surface area contributed by atoms with Gasteiger partial charge in [0.25, 0.3) is 0 Å². The van der Waals surface area contributed by atoms with Crippen LogP contribution >= 0.6 is 11.6 Å². The fraction of sp³-hybridized carbons (Fsp3) is 0.222. The summed E-state index contributed by atoms with van der Waals surface area (Å²) >= 11 is 5.24. The minimum atomic E-state index is -0.343. The summed E-state index contributed by atoms with van der Waals surface area (Å²) in [6.07, 6.45) is 0.273. The van der Waals surface area contributed by atoms with Gasteiger partial charge in [-0.15, -0.1) is 0 Å². The quantitative estimate of drug-likeness (QED) is 0.721. The van der Waals surface area contributed by atoms with E-state index in [9.17, 15) is 4.79 Å². The second kappa shape index (κ2) is 4.24. The highest BCUT2D eigenvalue weighted by Gasteiger charge is 1.99. The van der Waals surface area contributed by atoms with Crippen molar-refractivity contribution in [2.75, 3.05) is 0 Å². The predicted molar refractivity (Wildman–Crippen MR) is 48.9 cm³/mol. The molecule has 3 heteroatoms. The Hall–Kier alpha value is -0.860. The molecule has 0 aliphatic carbocycles. The van der Waals surface area contributed by atoms with Crippen molar-refractivity contribution in [3.05, 3.63) is 35.4 Å². The molecular weight excluding hydrogens is 174 g/mol. The lowest BCUT2D eigenvalue weighted by Crippen LogP contribution is -1.99. The molecule has 12 heavy (non-hydrogen) atoms. The molecule has 2 N–H and O–H groups in total. The van der Waals surface area contributed by atoms with Crippen LogP contribution in [0.4, 0.5) is 0 Å². The van der Waals surface area contributed by atoms with Crippen molar-refractivity contribution in [2.24, 2.45) is 5.73 Å². The number of benzene rings is 1. The van der Waals surface area contributed by atoms with Crippen molar-refractivity contribution in [3.63, 3.8) is 0 Å². The van der Waals surface area contributed by atoms with Crippen LogP contribution < -0.4 is 5.73 Å². The van der Waals surface area contributed by atoms with Crippen LogP contribution in [-0.4, -0.2) is 5.24 Å². The van der Waals surface area contributed by atoms with Gasteiger partial charge in [-0.05, 0) is 22.7 Å². The van der Waals surface area contributed by atoms with Gasteiger partial charge in [-0.25, -0.2) is 0 Å². The van der Waals surface area contributed by atoms with Crippen molar-refractivity contribution < 1.29 is 4.79 Å². The van der Waals surface area contributed by atoms with Gasteiger partial charge in [-0.3, -0.25) is 4.79 Å². The van der Waals surface area contributed by atoms with Crippen LogP contribution in [0.5, 0.6) is 0 Å². The summed E-state index contributed by atoms with van der Waals surface area (Å²) in [4.78, 5) is 10.5. The fourth-order valence-electron chi connectivity index (χ4n) is 1.03. The highest BCUT2D eigenvalue weighted by Crippen LogP contribution is 2.06. The Morgan fingerprint density at radius 2 is 2.08 bits per heavy atom. The first kappa shape index (κ1) is 9.23. The Morgan fingerprint density at radius 3 is 2.67 bits per heavy atom. The normalized spacial score (nSPS) is 9.83. The van der Waals surface area contributed by atoms with E-state index in [4.69, 9.17) is 17.3 Å². The fourth-order valence-corrected chi connectivity index (χ4v) is 1.18. The van der Waals surface area contributed by atoms with E-state index in [1.807, 2.05) is 24.3 Å². The van der Waals surface area contributed by atoms with E-state index < -0.39 is 0 Å². The first-order chi connectivity index (χ1) is 5.72. The molecule has 0 fully saturated rings. The van der Waals surface area contributed by atoms with Crippen molar-refractivity contribution in [2.45, 2.75) is 13.0 Å². The summed E-state index contributed by atoms with van der Waals surface area (Å²) in [5.74, 6) is 0. The van der Waals surface area contributed by atoms with E-state index in [-0.39, 0.29) is 11.7 Å². The van der Waals surface area contributed by atoms with Crippen LogP contribution in [0, 0.1) is 0 Å². The van der Waals surface area contributed by atoms with Gasteiger partial charge in [-0.1, -0.05) is 24.3 Å². The second-order valence-corrected chi connectivity index (χ2v) is 2.98. The molecule has 0 radical (unpaired) electrons. The summed E-state index contributed by atoms with van der Waals surface area (Å²) in [5, 5.41) is -0.343. The predicted octanol–water partition coefficient (Wildman–Crippen LogP) is 1.45. The zero-order chi connectivity index (χ0) is 8.97. The van der Waals surface area contributed by atoms with Crippen LogP contribution in [0.1, 0.15) is 11.1 Å². The topological polar surface area (TPSA) is 43.1 Å². The molecule has 0 spiro atoms. The summed E-state index contributed by atoms with van der Waals surface area (Å²) < 4.78 is 0. The van der Waals surface area contributed by atoms with Gasteiger partial charge in [0.1, 0.15) is 0 Å². The number of carbonyl (C=O) groups is 1. The van der Waals surface area contributed by atoms with Crippen LogP contribution in [0.2, 0.25) is 0 Å². The van der Waals surface area contributed by atoms with E-state index in [0.717, 1.165) is 11.1 Å². The molecule has 2 nitrogen and oxygen atoms in total. The number of halogens is 1. The number of rotatable bonds is 3. The molecule has 64 valence electrons. The first-order valence-electron chi connectivity index (χ1n) is 3.68. The second-order valence-electron chi connectivity index (χ2n) is 2.56. The molecule has 1 rings (SSSR count). The maximum atomic E-state index is 10.5. The van der Waals surface area contributed by atoms with Crippen LogP contribution in [0.25, 0.3) is 0 Å². The Bertz CT molecular complexity index is 286. The highest BCUT2D eigenvalue weighted by atomic mass is 35.5. The van der Waals surface area contributed by atoms with Gasteiger partial charge in [0.15, 0.2) is 0 Å². The van der Waals surface area contributed by atoms with Gasteiger partial charge >= 0.3 is 0 Å². The molecule has 1 aromatic rings. The van der Waals surface area contributed by atoms with E-state index in [1.54, 1.807) is 0 Å². The number of hydrogen-bond acceptors (Lipinski definition) is 2. The number of nitrogens with two attached hydrogens (primary N) is 1. The standard InChI is InChI=1S/C9H10ClNO/c10-9(12)5-7-2-1-3-8(4-7)6-11/h1-4H,5-6,11H2. The van der Waals surface area contributed by atoms with Gasteiger partial charge in [-0.2, -0.15) is 0 Å². The summed E-state index contributed by atoms with van der Waals surface area (Å²) in [5.41, 5.74) is 7.37. The van der Waals surface area contributed by atoms with E-state index in [2.05, 4.69) is 0 Å². The molecule has 0 amide bonds. The molecule has 0 aromatic heterocycles. The maximum absolute atomic E-state index is 10.5. The lowest BCUT2D eigenvalue weighted by atomic mass is 10.1. The minimum Gasteiger partial charge on any atom is -0.326 e. The summed E-state index contributed by atoms with van der Waals surface area (Å²) in [6.45, 7) is 0.490. The number of hydrogen-bond donors (Lipinski definition) is 1. The highest BCUT2D eigenvalue weighted by molar-refractivity contribution is 6.63. The Kier molecular flexibility index (Phi) is 3.26. The zero-order valence-electron chi connectivity index (χ0n) is 6.59. The van der Waals surface area contributed by atoms with Crippen LogP contribution in [0.3, 0.4) is 0 Å². The van der Waals surface area contributed by atoms with Gasteiger partial charge in [0.05, 0.1) is 0 Å². The Labute approximate surface area is 76.3 Å². The molecular formula is C9H10ClNO. The van der Waals surface area contributed by atoms with E-state index >= 15 is 0 Å². The largest absolute Gasteiger partial charge is 0.326 e. The summed E-state index contributed by atoms with van der Waals surface area (Å²) in [7, 11) is 0. The minimum absolute atomic E-state index is 0.273. The maximum Gasteiger partial charge on any atom is 0.226 e. The van der Waals surface area contributed by atoms with Gasteiger partial charge < -0.3 is 5.73 Å². The third-order valence-corrected chi connectivity index (χ3v) is 1.70. The lowest BCUT2D eigenvalue weighted by molar-refractivity contribution is -0.111. The van der Waals surface area contributed by atoms with Crippen molar-refractivity contribution in [3.8, 4) is 0 Å². The van der Waals surface area contributed by atoms with Crippen molar-refractivity contribution >= 4 is 16.8 Å². The first-order valence-corrected chi connectivity index (χ1v) is 4.06. The molecule has 0 aliphatic rings. The average molecular weight is 184 g/mol. The van der Waals surface area contributed by atoms with E-state index in [0.29, 0.717) is 6.54 Å². The molecule has 0 saturated carbocycles. The average Bonchev–Trinajstić information content (AvgIpc) is 2.03. The smallest absolute Gasteiger partial charge is 0.226 e. The Morgan fingerprint density at radius 1 is 1.42 bits per heavy atom. The van der Waals surface area contributed by atoms with Crippen molar-refractivity contribution in [1.82, 2.24) is 0 Å². The molecule has 0 atom stereocenters.